The second kappa shape index (κ2) is 6.29. The topological polar surface area (TPSA) is 58.2 Å². The van der Waals surface area contributed by atoms with Crippen molar-refractivity contribution in [2.75, 3.05) is 5.32 Å². The first kappa shape index (κ1) is 17.2. The van der Waals surface area contributed by atoms with Gasteiger partial charge in [0.05, 0.1) is 11.3 Å². The zero-order chi connectivity index (χ0) is 16.3. The lowest BCUT2D eigenvalue weighted by Crippen LogP contribution is -2.40. The Morgan fingerprint density at radius 2 is 1.57 bits per heavy atom. The molecule has 0 aromatic heterocycles. The number of nitrogens with one attached hydrogen (secondary N) is 2. The Bertz CT molecular complexity index is 522. The quantitative estimate of drug-likeness (QED) is 0.893. The summed E-state index contributed by atoms with van der Waals surface area (Å²) in [5, 5.41) is 5.74. The van der Waals surface area contributed by atoms with Gasteiger partial charge < -0.3 is 10.6 Å². The van der Waals surface area contributed by atoms with E-state index in [9.17, 15) is 9.59 Å². The molecule has 0 saturated heterocycles. The first-order valence-corrected chi connectivity index (χ1v) is 7.19. The molecule has 0 aliphatic heterocycles. The maximum absolute atomic E-state index is 12.3. The van der Waals surface area contributed by atoms with Crippen LogP contribution in [0.1, 0.15) is 58.3 Å². The maximum atomic E-state index is 12.3. The SMILES string of the molecule is CC(C)(C)CC(=O)Nc1ccccc1C(=O)NC(C)(C)C. The number of carbonyl (C=O) groups excluding carboxylic acids is 2. The molecule has 2 N–H and O–H groups in total. The van der Waals surface area contributed by atoms with E-state index in [0.717, 1.165) is 0 Å². The first-order chi connectivity index (χ1) is 9.48. The molecule has 0 heterocycles. The van der Waals surface area contributed by atoms with Crippen molar-refractivity contribution in [3.8, 4) is 0 Å². The van der Waals surface area contributed by atoms with Gasteiger partial charge in [-0.25, -0.2) is 0 Å². The standard InChI is InChI=1S/C17H26N2O2/c1-16(2,3)11-14(20)18-13-10-8-7-9-12(13)15(21)19-17(4,5)6/h7-10H,11H2,1-6H3,(H,18,20)(H,19,21). The smallest absolute Gasteiger partial charge is 0.253 e. The normalized spacial score (nSPS) is 11.9. The minimum atomic E-state index is -0.320. The number of hydrogen-bond acceptors (Lipinski definition) is 2. The maximum Gasteiger partial charge on any atom is 0.253 e. The minimum absolute atomic E-state index is 0.0847. The molecular weight excluding hydrogens is 264 g/mol. The molecule has 0 radical (unpaired) electrons. The summed E-state index contributed by atoms with van der Waals surface area (Å²) in [5.41, 5.74) is 0.620. The van der Waals surface area contributed by atoms with E-state index < -0.39 is 0 Å². The van der Waals surface area contributed by atoms with Gasteiger partial charge in [0, 0.05) is 12.0 Å². The lowest BCUT2D eigenvalue weighted by atomic mass is 9.92. The monoisotopic (exact) mass is 290 g/mol. The van der Waals surface area contributed by atoms with Crippen LogP contribution in [0.5, 0.6) is 0 Å². The van der Waals surface area contributed by atoms with E-state index in [2.05, 4.69) is 10.6 Å². The van der Waals surface area contributed by atoms with Gasteiger partial charge in [0.15, 0.2) is 0 Å². The average molecular weight is 290 g/mol. The Morgan fingerprint density at radius 3 is 2.10 bits per heavy atom. The Balaban J connectivity index is 2.90. The molecule has 0 spiro atoms. The fourth-order valence-corrected chi connectivity index (χ4v) is 1.87. The molecule has 0 saturated carbocycles. The van der Waals surface area contributed by atoms with Crippen molar-refractivity contribution in [3.63, 3.8) is 0 Å². The van der Waals surface area contributed by atoms with Gasteiger partial charge in [0.25, 0.3) is 5.91 Å². The van der Waals surface area contributed by atoms with Crippen LogP contribution in [0, 0.1) is 5.41 Å². The highest BCUT2D eigenvalue weighted by Gasteiger charge is 2.20. The molecular formula is C17H26N2O2. The van der Waals surface area contributed by atoms with E-state index in [-0.39, 0.29) is 22.8 Å². The van der Waals surface area contributed by atoms with Crippen molar-refractivity contribution in [3.05, 3.63) is 29.8 Å². The summed E-state index contributed by atoms with van der Waals surface area (Å²) in [7, 11) is 0. The van der Waals surface area contributed by atoms with E-state index in [0.29, 0.717) is 17.7 Å². The highest BCUT2D eigenvalue weighted by Crippen LogP contribution is 2.21. The number of benzene rings is 1. The molecule has 0 aliphatic rings. The van der Waals surface area contributed by atoms with Crippen LogP contribution in [0.25, 0.3) is 0 Å². The van der Waals surface area contributed by atoms with E-state index in [1.807, 2.05) is 41.5 Å². The van der Waals surface area contributed by atoms with Crippen LogP contribution >= 0.6 is 0 Å². The van der Waals surface area contributed by atoms with Crippen molar-refractivity contribution in [1.29, 1.82) is 0 Å². The number of amides is 2. The lowest BCUT2D eigenvalue weighted by Gasteiger charge is -2.22. The Morgan fingerprint density at radius 1 is 1.00 bits per heavy atom. The number of para-hydroxylation sites is 1. The van der Waals surface area contributed by atoms with Gasteiger partial charge >= 0.3 is 0 Å². The molecule has 1 rings (SSSR count). The highest BCUT2D eigenvalue weighted by atomic mass is 16.2. The number of carbonyl (C=O) groups is 2. The molecule has 4 heteroatoms. The zero-order valence-corrected chi connectivity index (χ0v) is 13.8. The third-order valence-corrected chi connectivity index (χ3v) is 2.63. The van der Waals surface area contributed by atoms with E-state index in [1.165, 1.54) is 0 Å². The van der Waals surface area contributed by atoms with Crippen LogP contribution in [0.3, 0.4) is 0 Å². The summed E-state index contributed by atoms with van der Waals surface area (Å²) in [5.74, 6) is -0.271. The van der Waals surface area contributed by atoms with Crippen molar-refractivity contribution in [2.24, 2.45) is 5.41 Å². The molecule has 0 unspecified atom stereocenters. The van der Waals surface area contributed by atoms with Gasteiger partial charge in [-0.3, -0.25) is 9.59 Å². The second-order valence-corrected chi connectivity index (χ2v) is 7.54. The first-order valence-electron chi connectivity index (χ1n) is 7.19. The predicted molar refractivity (Wildman–Crippen MR) is 86.4 cm³/mol. The molecule has 116 valence electrons. The Hall–Kier alpha value is -1.84. The molecule has 0 fully saturated rings. The molecule has 0 atom stereocenters. The van der Waals surface area contributed by atoms with Gasteiger partial charge in [-0.05, 0) is 38.3 Å². The molecule has 4 nitrogen and oxygen atoms in total. The zero-order valence-electron chi connectivity index (χ0n) is 13.8. The van der Waals surface area contributed by atoms with Crippen molar-refractivity contribution in [2.45, 2.75) is 53.5 Å². The summed E-state index contributed by atoms with van der Waals surface area (Å²) in [6.07, 6.45) is 0.405. The third-order valence-electron chi connectivity index (χ3n) is 2.63. The van der Waals surface area contributed by atoms with Gasteiger partial charge in [0.2, 0.25) is 5.91 Å². The minimum Gasteiger partial charge on any atom is -0.347 e. The van der Waals surface area contributed by atoms with E-state index in [4.69, 9.17) is 0 Å². The van der Waals surface area contributed by atoms with E-state index >= 15 is 0 Å². The van der Waals surface area contributed by atoms with Gasteiger partial charge in [0.1, 0.15) is 0 Å². The summed E-state index contributed by atoms with van der Waals surface area (Å²) in [4.78, 5) is 24.3. The van der Waals surface area contributed by atoms with Crippen LogP contribution in [0.2, 0.25) is 0 Å². The molecule has 0 bridgehead atoms. The number of hydrogen-bond donors (Lipinski definition) is 2. The van der Waals surface area contributed by atoms with Gasteiger partial charge in [-0.1, -0.05) is 32.9 Å². The molecule has 0 aliphatic carbocycles. The average Bonchev–Trinajstić information content (AvgIpc) is 2.24. The number of rotatable bonds is 3. The van der Waals surface area contributed by atoms with Gasteiger partial charge in [-0.15, -0.1) is 0 Å². The van der Waals surface area contributed by atoms with Crippen molar-refractivity contribution >= 4 is 17.5 Å². The van der Waals surface area contributed by atoms with Crippen LogP contribution < -0.4 is 10.6 Å². The fourth-order valence-electron chi connectivity index (χ4n) is 1.87. The summed E-state index contributed by atoms with van der Waals surface area (Å²) in [6, 6.07) is 7.06. The van der Waals surface area contributed by atoms with Gasteiger partial charge in [-0.2, -0.15) is 0 Å². The van der Waals surface area contributed by atoms with Crippen LogP contribution in [-0.2, 0) is 4.79 Å². The molecule has 1 aromatic carbocycles. The lowest BCUT2D eigenvalue weighted by molar-refractivity contribution is -0.117. The van der Waals surface area contributed by atoms with Crippen LogP contribution in [0.15, 0.2) is 24.3 Å². The Kier molecular flexibility index (Phi) is 5.15. The van der Waals surface area contributed by atoms with Crippen molar-refractivity contribution in [1.82, 2.24) is 5.32 Å². The third kappa shape index (κ3) is 6.43. The Labute approximate surface area is 127 Å². The molecule has 2 amide bonds. The van der Waals surface area contributed by atoms with Crippen molar-refractivity contribution < 1.29 is 9.59 Å². The molecule has 1 aromatic rings. The second-order valence-electron chi connectivity index (χ2n) is 7.54. The predicted octanol–water partition coefficient (Wildman–Crippen LogP) is 3.59. The molecule has 21 heavy (non-hydrogen) atoms. The summed E-state index contributed by atoms with van der Waals surface area (Å²) in [6.45, 7) is 11.8. The summed E-state index contributed by atoms with van der Waals surface area (Å²) >= 11 is 0. The highest BCUT2D eigenvalue weighted by molar-refractivity contribution is 6.04. The van der Waals surface area contributed by atoms with Crippen LogP contribution in [-0.4, -0.2) is 17.4 Å². The van der Waals surface area contributed by atoms with E-state index in [1.54, 1.807) is 24.3 Å². The largest absolute Gasteiger partial charge is 0.347 e. The fraction of sp³-hybridized carbons (Fsp3) is 0.529. The van der Waals surface area contributed by atoms with Crippen LogP contribution in [0.4, 0.5) is 5.69 Å². The number of anilines is 1. The summed E-state index contributed by atoms with van der Waals surface area (Å²) < 4.78 is 0.